The van der Waals surface area contributed by atoms with Gasteiger partial charge in [-0.3, -0.25) is 10.1 Å². The predicted octanol–water partition coefficient (Wildman–Crippen LogP) is 4.02. The van der Waals surface area contributed by atoms with Crippen LogP contribution in [0.25, 0.3) is 22.6 Å². The average molecular weight is 406 g/mol. The van der Waals surface area contributed by atoms with Gasteiger partial charge in [-0.2, -0.15) is 0 Å². The van der Waals surface area contributed by atoms with Crippen molar-refractivity contribution in [1.82, 2.24) is 19.8 Å². The van der Waals surface area contributed by atoms with E-state index in [9.17, 15) is 10.1 Å². The van der Waals surface area contributed by atoms with Gasteiger partial charge in [0.05, 0.1) is 10.6 Å². The van der Waals surface area contributed by atoms with Crippen molar-refractivity contribution in [2.75, 3.05) is 34.2 Å². The lowest BCUT2D eigenvalue weighted by Crippen LogP contribution is -2.29. The summed E-state index contributed by atoms with van der Waals surface area (Å²) in [5, 5.41) is 11.3. The van der Waals surface area contributed by atoms with E-state index in [1.54, 1.807) is 12.1 Å². The molecule has 0 aliphatic heterocycles. The van der Waals surface area contributed by atoms with Crippen LogP contribution < -0.4 is 0 Å². The molecule has 0 bridgehead atoms. The molecule has 0 amide bonds. The largest absolute Gasteiger partial charge is 0.308 e. The molecule has 0 atom stereocenters. The van der Waals surface area contributed by atoms with Crippen LogP contribution in [0.15, 0.2) is 54.6 Å². The van der Waals surface area contributed by atoms with E-state index in [-0.39, 0.29) is 10.6 Å². The van der Waals surface area contributed by atoms with Crippen LogP contribution in [0, 0.1) is 17.0 Å². The highest BCUT2D eigenvalue weighted by atomic mass is 16.6. The van der Waals surface area contributed by atoms with Gasteiger partial charge in [0, 0.05) is 54.2 Å². The van der Waals surface area contributed by atoms with E-state index in [4.69, 9.17) is 9.97 Å². The Hall–Kier alpha value is -3.16. The summed E-state index contributed by atoms with van der Waals surface area (Å²) < 4.78 is 0. The summed E-state index contributed by atoms with van der Waals surface area (Å²) in [5.74, 6) is 0.620. The van der Waals surface area contributed by atoms with Gasteiger partial charge in [-0.05, 0) is 28.1 Å². The molecule has 0 fully saturated rings. The number of aryl methyl sites for hydroxylation is 1. The molecule has 0 aliphatic rings. The number of nitrogens with zero attached hydrogens (tertiary/aromatic N) is 5. The summed E-state index contributed by atoms with van der Waals surface area (Å²) in [6, 6.07) is 16.4. The number of benzene rings is 2. The molecule has 0 saturated heterocycles. The highest BCUT2D eigenvalue weighted by molar-refractivity contribution is 5.69. The van der Waals surface area contributed by atoms with Crippen molar-refractivity contribution in [3.8, 4) is 22.6 Å². The second-order valence-electron chi connectivity index (χ2n) is 7.67. The van der Waals surface area contributed by atoms with Crippen LogP contribution in [-0.2, 0) is 6.54 Å². The highest BCUT2D eigenvalue weighted by Gasteiger charge is 2.18. The Kier molecular flexibility index (Phi) is 6.87. The molecule has 1 aromatic heterocycles. The van der Waals surface area contributed by atoms with E-state index in [1.165, 1.54) is 6.07 Å². The summed E-state index contributed by atoms with van der Waals surface area (Å²) in [5.41, 5.74) is 4.29. The first-order valence-corrected chi connectivity index (χ1v) is 9.86. The van der Waals surface area contributed by atoms with E-state index < -0.39 is 0 Å². The van der Waals surface area contributed by atoms with Crippen LogP contribution in [0.2, 0.25) is 0 Å². The Morgan fingerprint density at radius 2 is 1.63 bits per heavy atom. The lowest BCUT2D eigenvalue weighted by molar-refractivity contribution is -0.384. The molecule has 0 N–H and O–H groups in total. The van der Waals surface area contributed by atoms with Gasteiger partial charge < -0.3 is 9.80 Å². The maximum atomic E-state index is 11.3. The summed E-state index contributed by atoms with van der Waals surface area (Å²) in [7, 11) is 6.15. The Morgan fingerprint density at radius 1 is 0.933 bits per heavy atom. The lowest BCUT2D eigenvalue weighted by Gasteiger charge is -2.22. The summed E-state index contributed by atoms with van der Waals surface area (Å²) in [6.07, 6.45) is 0. The molecular formula is C23H27N5O2. The molecule has 156 valence electrons. The number of nitro benzene ring substituents is 1. The third-order valence-corrected chi connectivity index (χ3v) is 4.93. The minimum Gasteiger partial charge on any atom is -0.308 e. The van der Waals surface area contributed by atoms with Crippen LogP contribution in [0.4, 0.5) is 5.69 Å². The number of aromatic nitrogens is 2. The summed E-state index contributed by atoms with van der Waals surface area (Å²) in [6.45, 7) is 4.46. The van der Waals surface area contributed by atoms with Crippen LogP contribution in [0.5, 0.6) is 0 Å². The number of non-ortho nitro benzene ring substituents is 1. The summed E-state index contributed by atoms with van der Waals surface area (Å²) >= 11 is 0. The van der Waals surface area contributed by atoms with Gasteiger partial charge in [-0.1, -0.05) is 42.5 Å². The first-order chi connectivity index (χ1) is 14.3. The maximum Gasteiger partial charge on any atom is 0.270 e. The van der Waals surface area contributed by atoms with Crippen LogP contribution >= 0.6 is 0 Å². The Morgan fingerprint density at radius 3 is 2.30 bits per heavy atom. The van der Waals surface area contributed by atoms with Gasteiger partial charge >= 0.3 is 0 Å². The van der Waals surface area contributed by atoms with E-state index in [1.807, 2.05) is 57.4 Å². The molecule has 2 aromatic carbocycles. The number of likely N-dealkylation sites (N-methyl/N-ethyl adjacent to an activating group) is 2. The zero-order valence-corrected chi connectivity index (χ0v) is 17.9. The van der Waals surface area contributed by atoms with Gasteiger partial charge in [0.1, 0.15) is 0 Å². The Balaban J connectivity index is 2.09. The number of hydrogen-bond acceptors (Lipinski definition) is 6. The van der Waals surface area contributed by atoms with Crippen molar-refractivity contribution in [3.05, 3.63) is 76.0 Å². The van der Waals surface area contributed by atoms with Crippen LogP contribution in [0.1, 0.15) is 11.3 Å². The van der Waals surface area contributed by atoms with Crippen molar-refractivity contribution in [3.63, 3.8) is 0 Å². The zero-order chi connectivity index (χ0) is 21.7. The van der Waals surface area contributed by atoms with Gasteiger partial charge in [-0.15, -0.1) is 0 Å². The minimum absolute atomic E-state index is 0.0527. The van der Waals surface area contributed by atoms with E-state index in [0.717, 1.165) is 41.2 Å². The normalized spacial score (nSPS) is 11.3. The third kappa shape index (κ3) is 5.25. The fourth-order valence-corrected chi connectivity index (χ4v) is 3.23. The van der Waals surface area contributed by atoms with Crippen molar-refractivity contribution in [1.29, 1.82) is 0 Å². The fraction of sp³-hybridized carbons (Fsp3) is 0.304. The molecule has 0 spiro atoms. The first-order valence-electron chi connectivity index (χ1n) is 9.86. The van der Waals surface area contributed by atoms with Crippen molar-refractivity contribution < 1.29 is 4.92 Å². The molecule has 7 nitrogen and oxygen atoms in total. The monoisotopic (exact) mass is 405 g/mol. The SMILES string of the molecule is Cc1nc(-c2ccccc2)nc(-c2cccc([N+](=O)[O-])c2)c1CN(C)CCN(C)C. The fourth-order valence-electron chi connectivity index (χ4n) is 3.23. The average Bonchev–Trinajstić information content (AvgIpc) is 2.74. The predicted molar refractivity (Wildman–Crippen MR) is 119 cm³/mol. The van der Waals surface area contributed by atoms with E-state index in [0.29, 0.717) is 12.4 Å². The van der Waals surface area contributed by atoms with Crippen molar-refractivity contribution in [2.24, 2.45) is 0 Å². The maximum absolute atomic E-state index is 11.3. The quantitative estimate of drug-likeness (QED) is 0.416. The Bertz CT molecular complexity index is 1020. The van der Waals surface area contributed by atoms with Gasteiger partial charge in [0.25, 0.3) is 5.69 Å². The Labute approximate surface area is 177 Å². The molecule has 0 unspecified atom stereocenters. The number of rotatable bonds is 8. The van der Waals surface area contributed by atoms with Gasteiger partial charge in [0.15, 0.2) is 5.82 Å². The van der Waals surface area contributed by atoms with Crippen LogP contribution in [0.3, 0.4) is 0 Å². The molecule has 30 heavy (non-hydrogen) atoms. The molecule has 3 aromatic rings. The summed E-state index contributed by atoms with van der Waals surface area (Å²) in [4.78, 5) is 24.9. The second kappa shape index (κ2) is 9.56. The van der Waals surface area contributed by atoms with Crippen molar-refractivity contribution >= 4 is 5.69 Å². The number of hydrogen-bond donors (Lipinski definition) is 0. The third-order valence-electron chi connectivity index (χ3n) is 4.93. The molecule has 1 heterocycles. The van der Waals surface area contributed by atoms with E-state index in [2.05, 4.69) is 16.8 Å². The topological polar surface area (TPSA) is 75.4 Å². The van der Waals surface area contributed by atoms with Gasteiger partial charge in [-0.25, -0.2) is 9.97 Å². The lowest BCUT2D eigenvalue weighted by atomic mass is 10.0. The minimum atomic E-state index is -0.376. The molecule has 0 aliphatic carbocycles. The molecule has 3 rings (SSSR count). The molecule has 0 radical (unpaired) electrons. The zero-order valence-electron chi connectivity index (χ0n) is 17.9. The first kappa shape index (κ1) is 21.5. The van der Waals surface area contributed by atoms with Crippen LogP contribution in [-0.4, -0.2) is 58.9 Å². The highest BCUT2D eigenvalue weighted by Crippen LogP contribution is 2.30. The number of nitro groups is 1. The molecule has 0 saturated carbocycles. The standard InChI is InChI=1S/C23H27N5O2/c1-17-21(16-27(4)14-13-26(2)3)22(19-11-8-12-20(15-19)28(29)30)25-23(24-17)18-9-6-5-7-10-18/h5-12,15H,13-14,16H2,1-4H3. The smallest absolute Gasteiger partial charge is 0.270 e. The van der Waals surface area contributed by atoms with E-state index >= 15 is 0 Å². The molecular weight excluding hydrogens is 378 g/mol. The second-order valence-corrected chi connectivity index (χ2v) is 7.67. The van der Waals surface area contributed by atoms with Gasteiger partial charge in [0.2, 0.25) is 0 Å². The van der Waals surface area contributed by atoms with Crippen molar-refractivity contribution in [2.45, 2.75) is 13.5 Å². The molecule has 7 heteroatoms.